The lowest BCUT2D eigenvalue weighted by Gasteiger charge is -2.18. The Morgan fingerprint density at radius 2 is 1.67 bits per heavy atom. The molecule has 0 fully saturated rings. The summed E-state index contributed by atoms with van der Waals surface area (Å²) in [5.74, 6) is -0.888. The molecular weight excluding hydrogens is 369 g/mol. The van der Waals surface area contributed by atoms with Crippen molar-refractivity contribution in [2.75, 3.05) is 30.9 Å². The van der Waals surface area contributed by atoms with E-state index in [1.807, 2.05) is 13.8 Å². The average molecular weight is 393 g/mol. The Balaban J connectivity index is 2.13. The van der Waals surface area contributed by atoms with E-state index in [-0.39, 0.29) is 22.1 Å². The van der Waals surface area contributed by atoms with Crippen LogP contribution in [0.2, 0.25) is 0 Å². The van der Waals surface area contributed by atoms with Crippen LogP contribution >= 0.6 is 0 Å². The van der Waals surface area contributed by atoms with Gasteiger partial charge in [0, 0.05) is 13.1 Å². The van der Waals surface area contributed by atoms with Crippen LogP contribution in [0, 0.1) is 5.82 Å². The second-order valence-corrected chi connectivity index (χ2v) is 7.57. The van der Waals surface area contributed by atoms with E-state index in [9.17, 15) is 17.6 Å². The maximum Gasteiger partial charge on any atom is 0.261 e. The Bertz CT molecular complexity index is 866. The number of rotatable bonds is 9. The second kappa shape index (κ2) is 9.48. The largest absolute Gasteiger partial charge is 0.351 e. The minimum absolute atomic E-state index is 0.0827. The molecule has 2 aromatic carbocycles. The third-order valence-electron chi connectivity index (χ3n) is 4.15. The summed E-state index contributed by atoms with van der Waals surface area (Å²) in [5.41, 5.74) is 0.393. The van der Waals surface area contributed by atoms with Crippen molar-refractivity contribution in [3.8, 4) is 0 Å². The van der Waals surface area contributed by atoms with Crippen LogP contribution in [0.3, 0.4) is 0 Å². The number of amides is 1. The number of halogens is 1. The second-order valence-electron chi connectivity index (χ2n) is 5.89. The molecule has 0 spiro atoms. The van der Waals surface area contributed by atoms with Crippen molar-refractivity contribution in [1.29, 1.82) is 0 Å². The Labute approximate surface area is 159 Å². The van der Waals surface area contributed by atoms with Gasteiger partial charge in [0.1, 0.15) is 5.82 Å². The Morgan fingerprint density at radius 1 is 1.04 bits per heavy atom. The number of likely N-dealkylation sites (N-methyl/N-ethyl adjacent to an activating group) is 1. The van der Waals surface area contributed by atoms with Gasteiger partial charge >= 0.3 is 0 Å². The van der Waals surface area contributed by atoms with Gasteiger partial charge in [0.05, 0.1) is 16.1 Å². The maximum atomic E-state index is 13.0. The number of anilines is 1. The molecule has 0 saturated heterocycles. The van der Waals surface area contributed by atoms with E-state index in [1.54, 1.807) is 18.2 Å². The molecule has 0 atom stereocenters. The summed E-state index contributed by atoms with van der Waals surface area (Å²) >= 11 is 0. The lowest BCUT2D eigenvalue weighted by Crippen LogP contribution is -2.35. The number of nitrogens with zero attached hydrogens (tertiary/aromatic N) is 1. The smallest absolute Gasteiger partial charge is 0.261 e. The van der Waals surface area contributed by atoms with Crippen LogP contribution in [0.15, 0.2) is 53.4 Å². The summed E-state index contributed by atoms with van der Waals surface area (Å²) in [6, 6.07) is 10.8. The Kier molecular flexibility index (Phi) is 7.32. The SMILES string of the molecule is CCN(CC)CCNC(=O)c1ccccc1NS(=O)(=O)c1ccc(F)cc1. The van der Waals surface area contributed by atoms with Gasteiger partial charge in [-0.2, -0.15) is 0 Å². The lowest BCUT2D eigenvalue weighted by molar-refractivity contribution is 0.0950. The van der Waals surface area contributed by atoms with Crippen LogP contribution in [0.1, 0.15) is 24.2 Å². The molecule has 1 amide bonds. The number of para-hydroxylation sites is 1. The predicted molar refractivity (Wildman–Crippen MR) is 104 cm³/mol. The van der Waals surface area contributed by atoms with Crippen molar-refractivity contribution in [3.63, 3.8) is 0 Å². The molecule has 0 radical (unpaired) electrons. The molecule has 0 bridgehead atoms. The molecule has 0 saturated carbocycles. The molecular formula is C19H24FN3O3S. The van der Waals surface area contributed by atoms with Crippen LogP contribution in [0.25, 0.3) is 0 Å². The van der Waals surface area contributed by atoms with Gasteiger partial charge in [0.15, 0.2) is 0 Å². The fraction of sp³-hybridized carbons (Fsp3) is 0.316. The highest BCUT2D eigenvalue weighted by molar-refractivity contribution is 7.92. The van der Waals surface area contributed by atoms with Crippen molar-refractivity contribution in [2.45, 2.75) is 18.7 Å². The monoisotopic (exact) mass is 393 g/mol. The molecule has 146 valence electrons. The predicted octanol–water partition coefficient (Wildman–Crippen LogP) is 2.70. The van der Waals surface area contributed by atoms with Crippen molar-refractivity contribution in [2.24, 2.45) is 0 Å². The Morgan fingerprint density at radius 3 is 2.30 bits per heavy atom. The number of hydrogen-bond acceptors (Lipinski definition) is 4. The summed E-state index contributed by atoms with van der Waals surface area (Å²) in [6.07, 6.45) is 0. The molecule has 2 rings (SSSR count). The number of sulfonamides is 1. The van der Waals surface area contributed by atoms with E-state index < -0.39 is 15.8 Å². The van der Waals surface area contributed by atoms with Gasteiger partial charge in [-0.1, -0.05) is 26.0 Å². The summed E-state index contributed by atoms with van der Waals surface area (Å²) in [7, 11) is -3.93. The van der Waals surface area contributed by atoms with E-state index in [0.29, 0.717) is 13.1 Å². The van der Waals surface area contributed by atoms with Crippen LogP contribution in [0.4, 0.5) is 10.1 Å². The zero-order chi connectivity index (χ0) is 19.9. The number of carbonyl (C=O) groups excluding carboxylic acids is 1. The van der Waals surface area contributed by atoms with Crippen molar-refractivity contribution in [1.82, 2.24) is 10.2 Å². The fourth-order valence-corrected chi connectivity index (χ4v) is 3.63. The number of nitrogens with one attached hydrogen (secondary N) is 2. The first-order chi connectivity index (χ1) is 12.9. The van der Waals surface area contributed by atoms with Crippen LogP contribution in [0.5, 0.6) is 0 Å². The highest BCUT2D eigenvalue weighted by Crippen LogP contribution is 2.20. The van der Waals surface area contributed by atoms with Gasteiger partial charge in [-0.25, -0.2) is 12.8 Å². The van der Waals surface area contributed by atoms with Crippen LogP contribution in [-0.2, 0) is 10.0 Å². The average Bonchev–Trinajstić information content (AvgIpc) is 2.65. The highest BCUT2D eigenvalue weighted by atomic mass is 32.2. The molecule has 0 aromatic heterocycles. The number of carbonyl (C=O) groups is 1. The van der Waals surface area contributed by atoms with Crippen LogP contribution in [-0.4, -0.2) is 45.4 Å². The molecule has 6 nitrogen and oxygen atoms in total. The zero-order valence-corrected chi connectivity index (χ0v) is 16.2. The van der Waals surface area contributed by atoms with Gasteiger partial charge in [-0.3, -0.25) is 9.52 Å². The van der Waals surface area contributed by atoms with Gasteiger partial charge in [-0.05, 0) is 49.5 Å². The van der Waals surface area contributed by atoms with Gasteiger partial charge < -0.3 is 10.2 Å². The van der Waals surface area contributed by atoms with Gasteiger partial charge in [0.25, 0.3) is 15.9 Å². The normalized spacial score (nSPS) is 11.4. The highest BCUT2D eigenvalue weighted by Gasteiger charge is 2.18. The fourth-order valence-electron chi connectivity index (χ4n) is 2.55. The first-order valence-electron chi connectivity index (χ1n) is 8.75. The molecule has 27 heavy (non-hydrogen) atoms. The zero-order valence-electron chi connectivity index (χ0n) is 15.4. The molecule has 2 N–H and O–H groups in total. The van der Waals surface area contributed by atoms with Gasteiger partial charge in [0.2, 0.25) is 0 Å². The summed E-state index contributed by atoms with van der Waals surface area (Å²) in [4.78, 5) is 14.6. The number of benzene rings is 2. The van der Waals surface area contributed by atoms with Crippen LogP contribution < -0.4 is 10.0 Å². The third kappa shape index (κ3) is 5.77. The summed E-state index contributed by atoms with van der Waals surface area (Å²) < 4.78 is 40.4. The summed E-state index contributed by atoms with van der Waals surface area (Å²) in [6.45, 7) is 7.04. The van der Waals surface area contributed by atoms with Gasteiger partial charge in [-0.15, -0.1) is 0 Å². The summed E-state index contributed by atoms with van der Waals surface area (Å²) in [5, 5.41) is 2.81. The minimum atomic E-state index is -3.93. The molecule has 0 aliphatic carbocycles. The molecule has 0 unspecified atom stereocenters. The molecule has 2 aromatic rings. The standard InChI is InChI=1S/C19H24FN3O3S/c1-3-23(4-2)14-13-21-19(24)17-7-5-6-8-18(17)22-27(25,26)16-11-9-15(20)10-12-16/h5-12,22H,3-4,13-14H2,1-2H3,(H,21,24). The molecule has 0 heterocycles. The minimum Gasteiger partial charge on any atom is -0.351 e. The quantitative estimate of drug-likeness (QED) is 0.687. The topological polar surface area (TPSA) is 78.5 Å². The van der Waals surface area contributed by atoms with E-state index in [0.717, 1.165) is 25.2 Å². The van der Waals surface area contributed by atoms with E-state index >= 15 is 0 Å². The van der Waals surface area contributed by atoms with Crippen molar-refractivity contribution in [3.05, 3.63) is 59.9 Å². The number of hydrogen-bond donors (Lipinski definition) is 2. The third-order valence-corrected chi connectivity index (χ3v) is 5.53. The Hall–Kier alpha value is -2.45. The first kappa shape index (κ1) is 20.9. The molecule has 0 aliphatic rings. The van der Waals surface area contributed by atoms with E-state index in [2.05, 4.69) is 14.9 Å². The maximum absolute atomic E-state index is 13.0. The van der Waals surface area contributed by atoms with E-state index in [4.69, 9.17) is 0 Å². The first-order valence-corrected chi connectivity index (χ1v) is 10.2. The molecule has 0 aliphatic heterocycles. The van der Waals surface area contributed by atoms with E-state index in [1.165, 1.54) is 18.2 Å². The van der Waals surface area contributed by atoms with Crippen molar-refractivity contribution >= 4 is 21.6 Å². The van der Waals surface area contributed by atoms with Crippen molar-refractivity contribution < 1.29 is 17.6 Å². The molecule has 8 heteroatoms. The lowest BCUT2D eigenvalue weighted by atomic mass is 10.1.